The summed E-state index contributed by atoms with van der Waals surface area (Å²) in [5.41, 5.74) is 7.30. The number of hydrogen-bond acceptors (Lipinski definition) is 11. The van der Waals surface area contributed by atoms with E-state index in [4.69, 9.17) is 15.2 Å². The van der Waals surface area contributed by atoms with Crippen LogP contribution in [0.3, 0.4) is 0 Å². The molecule has 314 valence electrons. The largest absolute Gasteiger partial charge is 0.444 e. The molecule has 3 aliphatic heterocycles. The second-order valence-corrected chi connectivity index (χ2v) is 17.1. The third-order valence-electron chi connectivity index (χ3n) is 11.5. The van der Waals surface area contributed by atoms with Gasteiger partial charge in [-0.3, -0.25) is 9.48 Å². The van der Waals surface area contributed by atoms with Gasteiger partial charge in [0.05, 0.1) is 24.1 Å². The number of halogens is 1. The quantitative estimate of drug-likeness (QED) is 0.157. The minimum atomic E-state index is -1.34. The van der Waals surface area contributed by atoms with Crippen molar-refractivity contribution in [1.82, 2.24) is 34.4 Å². The first-order chi connectivity index (χ1) is 28.4. The van der Waals surface area contributed by atoms with E-state index in [0.717, 1.165) is 78.0 Å². The molecule has 0 aliphatic carbocycles. The number of rotatable bonds is 11. The van der Waals surface area contributed by atoms with Crippen molar-refractivity contribution in [2.45, 2.75) is 77.0 Å². The minimum absolute atomic E-state index is 0.132. The highest BCUT2D eigenvalue weighted by molar-refractivity contribution is 5.99. The van der Waals surface area contributed by atoms with Gasteiger partial charge in [-0.2, -0.15) is 5.10 Å². The van der Waals surface area contributed by atoms with E-state index in [0.29, 0.717) is 34.3 Å². The highest BCUT2D eigenvalue weighted by Gasteiger charge is 2.31. The Labute approximate surface area is 345 Å². The Hall–Kier alpha value is -5.41. The van der Waals surface area contributed by atoms with Crippen molar-refractivity contribution in [3.8, 4) is 11.3 Å². The lowest BCUT2D eigenvalue weighted by Crippen LogP contribution is -2.45. The number of carbonyl (C=O) groups is 3. The standard InChI is InChI=1S/C44H56FN9O5/c1-44(2,3)59-43(57)53-23-15-31(16-24-53)28-51-19-13-30(14-20-51)27-52-21-17-36(18-22-52)54-29-33(25-48-54)37-26-47-40(46)38(50-37)42(56)58-39(32-7-5-4-6-8-32)41(55)49-35-11-9-34(45)10-12-35/h4-12,25-26,29-31,36,39H,13-24,27-28H2,1-3H3,(H2,46,47)(H,49,55)/t39-/m1/s1. The third kappa shape index (κ3) is 11.2. The molecule has 3 saturated heterocycles. The summed E-state index contributed by atoms with van der Waals surface area (Å²) in [5.74, 6) is -0.787. The van der Waals surface area contributed by atoms with E-state index in [2.05, 4.69) is 30.2 Å². The zero-order chi connectivity index (χ0) is 41.5. The fraction of sp³-hybridized carbons (Fsp3) is 0.500. The van der Waals surface area contributed by atoms with Crippen LogP contribution in [0.25, 0.3) is 11.3 Å². The molecule has 3 N–H and O–H groups in total. The normalized spacial score (nSPS) is 18.3. The maximum absolute atomic E-state index is 13.5. The van der Waals surface area contributed by atoms with Crippen molar-refractivity contribution in [2.75, 3.05) is 63.4 Å². The van der Waals surface area contributed by atoms with Crippen LogP contribution in [0.2, 0.25) is 0 Å². The molecule has 2 amide bonds. The maximum Gasteiger partial charge on any atom is 0.410 e. The SMILES string of the molecule is CC(C)(C)OC(=O)N1CCC(CN2CCC(CN3CCC(n4cc(-c5cnc(N)c(C(=O)O[C@@H](C(=O)Nc6ccc(F)cc6)c6ccccc6)n5)cn4)CC3)CC2)CC1. The molecule has 0 bridgehead atoms. The summed E-state index contributed by atoms with van der Waals surface area (Å²) >= 11 is 0. The molecule has 2 aromatic carbocycles. The molecule has 0 spiro atoms. The molecule has 3 fully saturated rings. The summed E-state index contributed by atoms with van der Waals surface area (Å²) in [5, 5.41) is 7.35. The summed E-state index contributed by atoms with van der Waals surface area (Å²) < 4.78 is 26.7. The Morgan fingerprint density at radius 2 is 1.46 bits per heavy atom. The molecule has 4 aromatic rings. The molecule has 7 rings (SSSR count). The van der Waals surface area contributed by atoms with E-state index < -0.39 is 29.4 Å². The monoisotopic (exact) mass is 809 g/mol. The lowest BCUT2D eigenvalue weighted by molar-refractivity contribution is -0.125. The van der Waals surface area contributed by atoms with Crippen molar-refractivity contribution in [2.24, 2.45) is 11.8 Å². The number of esters is 1. The van der Waals surface area contributed by atoms with Crippen molar-refractivity contribution in [3.05, 3.63) is 90.3 Å². The van der Waals surface area contributed by atoms with Crippen LogP contribution in [0.4, 0.5) is 20.7 Å². The van der Waals surface area contributed by atoms with Crippen LogP contribution in [-0.4, -0.2) is 110 Å². The molecule has 0 unspecified atom stereocenters. The minimum Gasteiger partial charge on any atom is -0.444 e. The average Bonchev–Trinajstić information content (AvgIpc) is 3.72. The molecule has 2 aromatic heterocycles. The number of likely N-dealkylation sites (tertiary alicyclic amines) is 3. The molecule has 59 heavy (non-hydrogen) atoms. The highest BCUT2D eigenvalue weighted by Crippen LogP contribution is 2.29. The van der Waals surface area contributed by atoms with Crippen molar-refractivity contribution in [3.63, 3.8) is 0 Å². The van der Waals surface area contributed by atoms with Crippen LogP contribution < -0.4 is 11.1 Å². The third-order valence-corrected chi connectivity index (χ3v) is 11.5. The van der Waals surface area contributed by atoms with E-state index in [1.54, 1.807) is 36.5 Å². The van der Waals surface area contributed by atoms with Crippen molar-refractivity contribution in [1.29, 1.82) is 0 Å². The lowest BCUT2D eigenvalue weighted by Gasteiger charge is -2.40. The zero-order valence-corrected chi connectivity index (χ0v) is 34.3. The van der Waals surface area contributed by atoms with Gasteiger partial charge in [-0.05, 0) is 108 Å². The number of nitrogen functional groups attached to an aromatic ring is 1. The Bertz CT molecular complexity index is 2030. The molecular formula is C44H56FN9O5. The Morgan fingerprint density at radius 3 is 2.08 bits per heavy atom. The number of aromatic nitrogens is 4. The number of hydrogen-bond donors (Lipinski definition) is 2. The summed E-state index contributed by atoms with van der Waals surface area (Å²) in [6, 6.07) is 14.1. The number of carbonyl (C=O) groups excluding carboxylic acids is 3. The molecule has 1 atom stereocenters. The predicted octanol–water partition coefficient (Wildman–Crippen LogP) is 6.59. The summed E-state index contributed by atoms with van der Waals surface area (Å²) in [6.07, 6.45) is 10.1. The van der Waals surface area contributed by atoms with Gasteiger partial charge in [0.1, 0.15) is 11.4 Å². The maximum atomic E-state index is 13.5. The van der Waals surface area contributed by atoms with E-state index >= 15 is 0 Å². The number of nitrogens with two attached hydrogens (primary N) is 1. The van der Waals surface area contributed by atoms with Gasteiger partial charge in [-0.1, -0.05) is 30.3 Å². The first kappa shape index (κ1) is 41.7. The molecule has 15 heteroatoms. The Morgan fingerprint density at radius 1 is 0.847 bits per heavy atom. The fourth-order valence-corrected chi connectivity index (χ4v) is 8.24. The first-order valence-electron chi connectivity index (χ1n) is 20.8. The zero-order valence-electron chi connectivity index (χ0n) is 34.3. The number of nitrogens with one attached hydrogen (secondary N) is 1. The van der Waals surface area contributed by atoms with Crippen molar-refractivity contribution < 1.29 is 28.2 Å². The Kier molecular flexibility index (Phi) is 13.2. The van der Waals surface area contributed by atoms with Crippen LogP contribution in [0.1, 0.15) is 87.5 Å². The number of nitrogens with zero attached hydrogens (tertiary/aromatic N) is 7. The second-order valence-electron chi connectivity index (χ2n) is 17.1. The van der Waals surface area contributed by atoms with Gasteiger partial charge in [0.25, 0.3) is 5.91 Å². The molecular weight excluding hydrogens is 754 g/mol. The van der Waals surface area contributed by atoms with E-state index in [-0.39, 0.29) is 23.6 Å². The predicted molar refractivity (Wildman–Crippen MR) is 222 cm³/mol. The fourth-order valence-electron chi connectivity index (χ4n) is 8.24. The van der Waals surface area contributed by atoms with Gasteiger partial charge in [0.2, 0.25) is 6.10 Å². The lowest BCUT2D eigenvalue weighted by atomic mass is 9.92. The average molecular weight is 810 g/mol. The number of piperidine rings is 3. The summed E-state index contributed by atoms with van der Waals surface area (Å²) in [6.45, 7) is 13.8. The van der Waals surface area contributed by atoms with Crippen LogP contribution in [-0.2, 0) is 14.3 Å². The number of ether oxygens (including phenoxy) is 2. The van der Waals surface area contributed by atoms with Crippen LogP contribution in [0.5, 0.6) is 0 Å². The number of anilines is 2. The smallest absolute Gasteiger partial charge is 0.410 e. The van der Waals surface area contributed by atoms with Gasteiger partial charge >= 0.3 is 12.1 Å². The summed E-state index contributed by atoms with van der Waals surface area (Å²) in [7, 11) is 0. The van der Waals surface area contributed by atoms with Crippen LogP contribution in [0.15, 0.2) is 73.2 Å². The van der Waals surface area contributed by atoms with Crippen LogP contribution >= 0.6 is 0 Å². The molecule has 0 saturated carbocycles. The topological polar surface area (TPSA) is 161 Å². The van der Waals surface area contributed by atoms with Gasteiger partial charge in [0.15, 0.2) is 11.5 Å². The van der Waals surface area contributed by atoms with Crippen LogP contribution in [0, 0.1) is 17.7 Å². The van der Waals surface area contributed by atoms with Gasteiger partial charge in [-0.15, -0.1) is 0 Å². The second kappa shape index (κ2) is 18.7. The van der Waals surface area contributed by atoms with E-state index in [1.807, 2.05) is 36.5 Å². The number of benzene rings is 2. The molecule has 0 radical (unpaired) electrons. The number of amides is 2. The van der Waals surface area contributed by atoms with Gasteiger partial charge in [-0.25, -0.2) is 23.9 Å². The highest BCUT2D eigenvalue weighted by atomic mass is 19.1. The first-order valence-corrected chi connectivity index (χ1v) is 20.8. The summed E-state index contributed by atoms with van der Waals surface area (Å²) in [4.78, 5) is 55.2. The Balaban J connectivity index is 0.876. The molecule has 5 heterocycles. The molecule has 14 nitrogen and oxygen atoms in total. The van der Waals surface area contributed by atoms with Gasteiger partial charge < -0.3 is 35.2 Å². The van der Waals surface area contributed by atoms with Gasteiger partial charge in [0, 0.05) is 62.3 Å². The van der Waals surface area contributed by atoms with Crippen molar-refractivity contribution >= 4 is 29.5 Å². The molecule has 3 aliphatic rings. The van der Waals surface area contributed by atoms with E-state index in [9.17, 15) is 18.8 Å². The van der Waals surface area contributed by atoms with E-state index in [1.165, 1.54) is 43.3 Å².